The van der Waals surface area contributed by atoms with Crippen LogP contribution in [0, 0.1) is 0 Å². The summed E-state index contributed by atoms with van der Waals surface area (Å²) >= 11 is 7.37. The summed E-state index contributed by atoms with van der Waals surface area (Å²) < 4.78 is 0. The lowest BCUT2D eigenvalue weighted by molar-refractivity contribution is 0.237. The molecule has 2 rings (SSSR count). The fraction of sp³-hybridized carbons (Fsp3) is 0.417. The first-order chi connectivity index (χ1) is 8.31. The van der Waals surface area contributed by atoms with Crippen LogP contribution in [0.4, 0.5) is 4.79 Å². The molecule has 3 nitrogen and oxygen atoms in total. The number of rotatable bonds is 3. The van der Waals surface area contributed by atoms with Crippen LogP contribution in [0.15, 0.2) is 29.2 Å². The maximum absolute atomic E-state index is 11.6. The number of carbonyl (C=O) groups excluding carboxylic acids is 1. The number of alkyl halides is 1. The van der Waals surface area contributed by atoms with Crippen molar-refractivity contribution in [3.8, 4) is 0 Å². The number of carbonyl (C=O) groups is 1. The van der Waals surface area contributed by atoms with Crippen LogP contribution < -0.4 is 10.6 Å². The third kappa shape index (κ3) is 3.30. The van der Waals surface area contributed by atoms with E-state index >= 15 is 0 Å². The van der Waals surface area contributed by atoms with Crippen LogP contribution in [0.1, 0.15) is 18.0 Å². The number of thioether (sulfide) groups is 1. The van der Waals surface area contributed by atoms with E-state index in [1.807, 2.05) is 23.9 Å². The molecule has 2 amide bonds. The lowest BCUT2D eigenvalue weighted by atomic mass is 10.0. The highest BCUT2D eigenvalue weighted by molar-refractivity contribution is 7.99. The van der Waals surface area contributed by atoms with Gasteiger partial charge in [-0.15, -0.1) is 23.4 Å². The zero-order chi connectivity index (χ0) is 12.1. The fourth-order valence-electron chi connectivity index (χ4n) is 1.86. The van der Waals surface area contributed by atoms with Crippen molar-refractivity contribution >= 4 is 29.4 Å². The summed E-state index contributed by atoms with van der Waals surface area (Å²) in [5, 5.41) is 5.71. The molecule has 5 heteroatoms. The topological polar surface area (TPSA) is 41.1 Å². The van der Waals surface area contributed by atoms with Gasteiger partial charge in [0.05, 0.1) is 6.04 Å². The number of hydrogen-bond donors (Lipinski definition) is 2. The molecule has 1 aromatic rings. The van der Waals surface area contributed by atoms with Crippen molar-refractivity contribution in [2.24, 2.45) is 0 Å². The first-order valence-electron chi connectivity index (χ1n) is 5.63. The van der Waals surface area contributed by atoms with Gasteiger partial charge in [-0.05, 0) is 18.1 Å². The standard InChI is InChI=1S/C12H15ClN2OS/c13-6-7-14-12(16)15-10-5-8-17-11-4-2-1-3-9(10)11/h1-4,10H,5-8H2,(H2,14,15,16)/t10-/m1/s1. The Labute approximate surface area is 110 Å². The van der Waals surface area contributed by atoms with Crippen LogP contribution in [-0.2, 0) is 0 Å². The molecule has 0 saturated heterocycles. The van der Waals surface area contributed by atoms with Crippen molar-refractivity contribution < 1.29 is 4.79 Å². The van der Waals surface area contributed by atoms with Gasteiger partial charge in [0.15, 0.2) is 0 Å². The third-order valence-corrected chi connectivity index (χ3v) is 3.96. The number of benzene rings is 1. The maximum Gasteiger partial charge on any atom is 0.315 e. The molecule has 0 saturated carbocycles. The molecule has 0 aliphatic carbocycles. The highest BCUT2D eigenvalue weighted by Crippen LogP contribution is 2.35. The van der Waals surface area contributed by atoms with Crippen molar-refractivity contribution in [2.45, 2.75) is 17.4 Å². The molecule has 0 radical (unpaired) electrons. The summed E-state index contributed by atoms with van der Waals surface area (Å²) in [4.78, 5) is 12.9. The highest BCUT2D eigenvalue weighted by Gasteiger charge is 2.21. The van der Waals surface area contributed by atoms with Gasteiger partial charge in [-0.3, -0.25) is 0 Å². The first-order valence-corrected chi connectivity index (χ1v) is 7.15. The normalized spacial score (nSPS) is 18.3. The Morgan fingerprint density at radius 3 is 3.12 bits per heavy atom. The van der Waals surface area contributed by atoms with Gasteiger partial charge in [0.1, 0.15) is 0 Å². The van der Waals surface area contributed by atoms with Gasteiger partial charge < -0.3 is 10.6 Å². The summed E-state index contributed by atoms with van der Waals surface area (Å²) in [6.45, 7) is 0.497. The van der Waals surface area contributed by atoms with Gasteiger partial charge in [-0.25, -0.2) is 4.79 Å². The lowest BCUT2D eigenvalue weighted by Crippen LogP contribution is -2.39. The minimum atomic E-state index is -0.141. The second kappa shape index (κ2) is 6.17. The Bertz CT molecular complexity index is 400. The number of halogens is 1. The Kier molecular flexibility index (Phi) is 4.57. The third-order valence-electron chi connectivity index (χ3n) is 2.64. The molecule has 1 aromatic carbocycles. The van der Waals surface area contributed by atoms with Gasteiger partial charge in [0.25, 0.3) is 0 Å². The van der Waals surface area contributed by atoms with Crippen molar-refractivity contribution in [3.05, 3.63) is 29.8 Å². The van der Waals surface area contributed by atoms with Crippen LogP contribution in [0.3, 0.4) is 0 Å². The predicted molar refractivity (Wildman–Crippen MR) is 71.8 cm³/mol. The van der Waals surface area contributed by atoms with E-state index in [4.69, 9.17) is 11.6 Å². The number of urea groups is 1. The average molecular weight is 271 g/mol. The lowest BCUT2D eigenvalue weighted by Gasteiger charge is -2.25. The largest absolute Gasteiger partial charge is 0.337 e. The second-order valence-corrected chi connectivity index (χ2v) is 5.33. The van der Waals surface area contributed by atoms with Crippen molar-refractivity contribution in [2.75, 3.05) is 18.2 Å². The minimum absolute atomic E-state index is 0.114. The molecular formula is C12H15ClN2OS. The van der Waals surface area contributed by atoms with E-state index in [1.54, 1.807) is 0 Å². The molecular weight excluding hydrogens is 256 g/mol. The number of nitrogens with one attached hydrogen (secondary N) is 2. The first kappa shape index (κ1) is 12.6. The Morgan fingerprint density at radius 2 is 2.29 bits per heavy atom. The van der Waals surface area contributed by atoms with Gasteiger partial charge in [0, 0.05) is 23.1 Å². The quantitative estimate of drug-likeness (QED) is 0.830. The van der Waals surface area contributed by atoms with E-state index in [0.29, 0.717) is 12.4 Å². The molecule has 0 unspecified atom stereocenters. The Balaban J connectivity index is 2.01. The minimum Gasteiger partial charge on any atom is -0.337 e. The van der Waals surface area contributed by atoms with E-state index in [1.165, 1.54) is 10.5 Å². The molecule has 0 fully saturated rings. The van der Waals surface area contributed by atoms with Crippen molar-refractivity contribution in [1.82, 2.24) is 10.6 Å². The van der Waals surface area contributed by atoms with Crippen LogP contribution >= 0.6 is 23.4 Å². The molecule has 1 atom stereocenters. The van der Waals surface area contributed by atoms with Crippen LogP contribution in [0.2, 0.25) is 0 Å². The summed E-state index contributed by atoms with van der Waals surface area (Å²) in [5.41, 5.74) is 1.21. The zero-order valence-electron chi connectivity index (χ0n) is 9.41. The smallest absolute Gasteiger partial charge is 0.315 e. The van der Waals surface area contributed by atoms with E-state index < -0.39 is 0 Å². The maximum atomic E-state index is 11.6. The van der Waals surface area contributed by atoms with Crippen molar-refractivity contribution in [1.29, 1.82) is 0 Å². The molecule has 0 aromatic heterocycles. The molecule has 1 aliphatic rings. The number of amides is 2. The number of hydrogen-bond acceptors (Lipinski definition) is 2. The summed E-state index contributed by atoms with van der Waals surface area (Å²) in [6.07, 6.45) is 0.968. The molecule has 1 heterocycles. The van der Waals surface area contributed by atoms with Crippen LogP contribution in [-0.4, -0.2) is 24.2 Å². The summed E-state index contributed by atoms with van der Waals surface area (Å²) in [7, 11) is 0. The molecule has 0 spiro atoms. The summed E-state index contributed by atoms with van der Waals surface area (Å²) in [6, 6.07) is 8.19. The van der Waals surface area contributed by atoms with E-state index in [0.717, 1.165) is 12.2 Å². The zero-order valence-corrected chi connectivity index (χ0v) is 11.0. The van der Waals surface area contributed by atoms with Gasteiger partial charge in [-0.2, -0.15) is 0 Å². The molecule has 1 aliphatic heterocycles. The molecule has 92 valence electrons. The molecule has 17 heavy (non-hydrogen) atoms. The van der Waals surface area contributed by atoms with Gasteiger partial charge in [-0.1, -0.05) is 18.2 Å². The van der Waals surface area contributed by atoms with E-state index in [9.17, 15) is 4.79 Å². The van der Waals surface area contributed by atoms with Crippen molar-refractivity contribution in [3.63, 3.8) is 0 Å². The predicted octanol–water partition coefficient (Wildman–Crippen LogP) is 2.76. The molecule has 0 bridgehead atoms. The summed E-state index contributed by atoms with van der Waals surface area (Å²) in [5.74, 6) is 1.47. The molecule has 2 N–H and O–H groups in total. The Hall–Kier alpha value is -0.870. The second-order valence-electron chi connectivity index (χ2n) is 3.82. The number of fused-ring (bicyclic) bond motifs is 1. The fourth-order valence-corrected chi connectivity index (χ4v) is 3.08. The van der Waals surface area contributed by atoms with Gasteiger partial charge >= 0.3 is 6.03 Å². The van der Waals surface area contributed by atoms with Crippen LogP contribution in [0.25, 0.3) is 0 Å². The Morgan fingerprint density at radius 1 is 1.47 bits per heavy atom. The monoisotopic (exact) mass is 270 g/mol. The van der Waals surface area contributed by atoms with E-state index in [-0.39, 0.29) is 12.1 Å². The van der Waals surface area contributed by atoms with E-state index in [2.05, 4.69) is 22.8 Å². The van der Waals surface area contributed by atoms with Crippen LogP contribution in [0.5, 0.6) is 0 Å². The SMILES string of the molecule is O=C(NCCCl)N[C@@H]1CCSc2ccccc21. The highest BCUT2D eigenvalue weighted by atomic mass is 35.5. The van der Waals surface area contributed by atoms with Gasteiger partial charge in [0.2, 0.25) is 0 Å². The average Bonchev–Trinajstić information content (AvgIpc) is 2.37.